The maximum Gasteiger partial charge on any atom is 0.278 e. The average Bonchev–Trinajstić information content (AvgIpc) is 3.12. The van der Waals surface area contributed by atoms with E-state index in [1.54, 1.807) is 7.11 Å². The molecule has 0 saturated heterocycles. The van der Waals surface area contributed by atoms with Crippen LogP contribution in [0, 0.1) is 6.92 Å². The highest BCUT2D eigenvalue weighted by Gasteiger charge is 2.16. The van der Waals surface area contributed by atoms with Gasteiger partial charge < -0.3 is 14.2 Å². The minimum Gasteiger partial charge on any atom is -0.384 e. The molecule has 21 heavy (non-hydrogen) atoms. The number of hydrogen-bond donors (Lipinski definition) is 1. The van der Waals surface area contributed by atoms with Crippen molar-refractivity contribution in [3.63, 3.8) is 0 Å². The van der Waals surface area contributed by atoms with Crippen molar-refractivity contribution in [2.45, 2.75) is 13.3 Å². The minimum atomic E-state index is 0.428. The fourth-order valence-electron chi connectivity index (χ4n) is 2.05. The molecule has 0 aliphatic rings. The maximum atomic E-state index is 5.28. The zero-order chi connectivity index (χ0) is 14.7. The van der Waals surface area contributed by atoms with Gasteiger partial charge in [-0.1, -0.05) is 35.5 Å². The monoisotopic (exact) mass is 284 g/mol. The number of benzene rings is 1. The minimum absolute atomic E-state index is 0.428. The lowest BCUT2D eigenvalue weighted by Gasteiger charge is -1.93. The van der Waals surface area contributed by atoms with Gasteiger partial charge in [0.05, 0.1) is 6.61 Å². The summed E-state index contributed by atoms with van der Waals surface area (Å²) in [7, 11) is 1.64. The molecule has 0 spiro atoms. The number of methoxy groups -OCH3 is 1. The van der Waals surface area contributed by atoms with Gasteiger partial charge in [0, 0.05) is 24.8 Å². The molecule has 108 valence electrons. The molecular formula is C15H16N4O2. The van der Waals surface area contributed by atoms with Crippen molar-refractivity contribution in [2.75, 3.05) is 13.7 Å². The Labute approximate surface area is 122 Å². The van der Waals surface area contributed by atoms with E-state index in [9.17, 15) is 0 Å². The van der Waals surface area contributed by atoms with Crippen molar-refractivity contribution < 1.29 is 9.26 Å². The topological polar surface area (TPSA) is 76.8 Å². The van der Waals surface area contributed by atoms with Gasteiger partial charge in [0.25, 0.3) is 5.89 Å². The first-order chi connectivity index (χ1) is 10.3. The number of nitrogens with one attached hydrogen (secondary N) is 1. The van der Waals surface area contributed by atoms with E-state index in [0.29, 0.717) is 30.4 Å². The third-order valence-electron chi connectivity index (χ3n) is 3.13. The van der Waals surface area contributed by atoms with Crippen LogP contribution in [0.15, 0.2) is 34.9 Å². The second-order valence-corrected chi connectivity index (χ2v) is 4.68. The van der Waals surface area contributed by atoms with Gasteiger partial charge in [-0.3, -0.25) is 0 Å². The molecule has 1 aromatic carbocycles. The largest absolute Gasteiger partial charge is 0.384 e. The van der Waals surface area contributed by atoms with E-state index in [0.717, 1.165) is 17.1 Å². The predicted octanol–water partition coefficient (Wildman–Crippen LogP) is 2.62. The third kappa shape index (κ3) is 2.85. The number of aromatic amines is 1. The van der Waals surface area contributed by atoms with Gasteiger partial charge in [0.2, 0.25) is 0 Å². The van der Waals surface area contributed by atoms with Gasteiger partial charge in [-0.15, -0.1) is 0 Å². The van der Waals surface area contributed by atoms with E-state index in [1.165, 1.54) is 0 Å². The molecule has 0 saturated carbocycles. The van der Waals surface area contributed by atoms with Crippen LogP contribution < -0.4 is 0 Å². The fourth-order valence-corrected chi connectivity index (χ4v) is 2.05. The maximum absolute atomic E-state index is 5.28. The summed E-state index contributed by atoms with van der Waals surface area (Å²) in [4.78, 5) is 12.2. The molecule has 6 heteroatoms. The van der Waals surface area contributed by atoms with E-state index in [2.05, 4.69) is 20.1 Å². The first-order valence-corrected chi connectivity index (χ1v) is 6.72. The molecule has 0 aliphatic heterocycles. The van der Waals surface area contributed by atoms with Crippen molar-refractivity contribution in [1.82, 2.24) is 20.1 Å². The Morgan fingerprint density at radius 2 is 2.00 bits per heavy atom. The SMILES string of the molecule is COCCc1noc(-c2nc(-c3ccccc3)[nH]c2C)n1. The van der Waals surface area contributed by atoms with Crippen LogP contribution in [-0.4, -0.2) is 33.8 Å². The van der Waals surface area contributed by atoms with Gasteiger partial charge in [0.15, 0.2) is 5.82 Å². The van der Waals surface area contributed by atoms with Crippen LogP contribution in [-0.2, 0) is 11.2 Å². The molecule has 0 unspecified atom stereocenters. The molecule has 0 radical (unpaired) electrons. The number of hydrogen-bond acceptors (Lipinski definition) is 5. The van der Waals surface area contributed by atoms with Gasteiger partial charge in [-0.2, -0.15) is 4.98 Å². The van der Waals surface area contributed by atoms with E-state index in [1.807, 2.05) is 37.3 Å². The first-order valence-electron chi connectivity index (χ1n) is 6.72. The normalized spacial score (nSPS) is 11.0. The molecule has 0 atom stereocenters. The van der Waals surface area contributed by atoms with Crippen LogP contribution in [0.2, 0.25) is 0 Å². The van der Waals surface area contributed by atoms with Crippen LogP contribution in [0.5, 0.6) is 0 Å². The average molecular weight is 284 g/mol. The molecule has 3 rings (SSSR count). The summed E-state index contributed by atoms with van der Waals surface area (Å²) in [5.74, 6) is 1.84. The summed E-state index contributed by atoms with van der Waals surface area (Å²) >= 11 is 0. The Balaban J connectivity index is 1.89. The zero-order valence-corrected chi connectivity index (χ0v) is 12.0. The summed E-state index contributed by atoms with van der Waals surface area (Å²) in [6, 6.07) is 9.92. The van der Waals surface area contributed by atoms with E-state index < -0.39 is 0 Å². The summed E-state index contributed by atoms with van der Waals surface area (Å²) in [5.41, 5.74) is 2.60. The Hall–Kier alpha value is -2.47. The standard InChI is InChI=1S/C15H16N4O2/c1-10-13(15-17-12(19-21-15)8-9-20-2)18-14(16-10)11-6-4-3-5-7-11/h3-7H,8-9H2,1-2H3,(H,16,18). The van der Waals surface area contributed by atoms with Crippen molar-refractivity contribution in [3.8, 4) is 23.0 Å². The highest BCUT2D eigenvalue weighted by atomic mass is 16.5. The smallest absolute Gasteiger partial charge is 0.278 e. The van der Waals surface area contributed by atoms with Crippen molar-refractivity contribution >= 4 is 0 Å². The Morgan fingerprint density at radius 3 is 2.76 bits per heavy atom. The quantitative estimate of drug-likeness (QED) is 0.779. The number of rotatable bonds is 5. The second kappa shape index (κ2) is 5.88. The van der Waals surface area contributed by atoms with Gasteiger partial charge in [0.1, 0.15) is 11.5 Å². The molecular weight excluding hydrogens is 268 g/mol. The molecule has 6 nitrogen and oxygen atoms in total. The van der Waals surface area contributed by atoms with Crippen molar-refractivity contribution in [3.05, 3.63) is 41.9 Å². The lowest BCUT2D eigenvalue weighted by Crippen LogP contribution is -1.96. The van der Waals surface area contributed by atoms with Crippen molar-refractivity contribution in [1.29, 1.82) is 0 Å². The number of nitrogens with zero attached hydrogens (tertiary/aromatic N) is 3. The van der Waals surface area contributed by atoms with Crippen LogP contribution in [0.4, 0.5) is 0 Å². The molecule has 0 bridgehead atoms. The Kier molecular flexibility index (Phi) is 3.79. The van der Waals surface area contributed by atoms with Crippen LogP contribution >= 0.6 is 0 Å². The lowest BCUT2D eigenvalue weighted by molar-refractivity contribution is 0.199. The summed E-state index contributed by atoms with van der Waals surface area (Å²) in [5, 5.41) is 3.93. The Bertz CT molecular complexity index is 718. The molecule has 0 aliphatic carbocycles. The fraction of sp³-hybridized carbons (Fsp3) is 0.267. The Morgan fingerprint density at radius 1 is 1.19 bits per heavy atom. The molecule has 0 amide bonds. The third-order valence-corrected chi connectivity index (χ3v) is 3.13. The highest BCUT2D eigenvalue weighted by molar-refractivity contribution is 5.62. The summed E-state index contributed by atoms with van der Waals surface area (Å²) in [6.45, 7) is 2.50. The van der Waals surface area contributed by atoms with Crippen LogP contribution in [0.3, 0.4) is 0 Å². The molecule has 2 aromatic heterocycles. The first kappa shape index (κ1) is 13.5. The zero-order valence-electron chi connectivity index (χ0n) is 12.0. The van der Waals surface area contributed by atoms with E-state index >= 15 is 0 Å². The number of aryl methyl sites for hydroxylation is 1. The van der Waals surface area contributed by atoms with Crippen molar-refractivity contribution in [2.24, 2.45) is 0 Å². The van der Waals surface area contributed by atoms with Gasteiger partial charge in [-0.25, -0.2) is 4.98 Å². The number of imidazole rings is 1. The second-order valence-electron chi connectivity index (χ2n) is 4.68. The summed E-state index contributed by atoms with van der Waals surface area (Å²) < 4.78 is 10.3. The van der Waals surface area contributed by atoms with Gasteiger partial charge >= 0.3 is 0 Å². The summed E-state index contributed by atoms with van der Waals surface area (Å²) in [6.07, 6.45) is 0.620. The lowest BCUT2D eigenvalue weighted by atomic mass is 10.2. The van der Waals surface area contributed by atoms with E-state index in [-0.39, 0.29) is 0 Å². The van der Waals surface area contributed by atoms with Crippen LogP contribution in [0.1, 0.15) is 11.5 Å². The van der Waals surface area contributed by atoms with E-state index in [4.69, 9.17) is 9.26 Å². The molecule has 1 N–H and O–H groups in total. The number of aromatic nitrogens is 4. The molecule has 2 heterocycles. The molecule has 3 aromatic rings. The molecule has 0 fully saturated rings. The predicted molar refractivity (Wildman–Crippen MR) is 77.6 cm³/mol. The number of ether oxygens (including phenoxy) is 1. The van der Waals surface area contributed by atoms with Gasteiger partial charge in [-0.05, 0) is 6.92 Å². The van der Waals surface area contributed by atoms with Crippen LogP contribution in [0.25, 0.3) is 23.0 Å². The number of H-pyrrole nitrogens is 1. The highest BCUT2D eigenvalue weighted by Crippen LogP contribution is 2.24.